The van der Waals surface area contributed by atoms with Gasteiger partial charge in [0, 0.05) is 0 Å². The number of ether oxygens (including phenoxy) is 1. The molecule has 1 saturated carbocycles. The maximum absolute atomic E-state index is 11.9. The molecule has 0 radical (unpaired) electrons. The van der Waals surface area contributed by atoms with E-state index in [2.05, 4.69) is 19.2 Å². The van der Waals surface area contributed by atoms with E-state index >= 15 is 0 Å². The van der Waals surface area contributed by atoms with Gasteiger partial charge in [-0.2, -0.15) is 0 Å². The first-order chi connectivity index (χ1) is 7.35. The summed E-state index contributed by atoms with van der Waals surface area (Å²) in [6.07, 6.45) is 3.38. The van der Waals surface area contributed by atoms with E-state index in [-0.39, 0.29) is 12.1 Å². The van der Waals surface area contributed by atoms with Gasteiger partial charge >= 0.3 is 5.97 Å². The zero-order valence-corrected chi connectivity index (χ0v) is 11.2. The molecule has 3 heteroatoms. The largest absolute Gasteiger partial charge is 0.461 e. The normalized spacial score (nSPS) is 31.2. The van der Waals surface area contributed by atoms with Crippen LogP contribution in [0.2, 0.25) is 0 Å². The van der Waals surface area contributed by atoms with Crippen LogP contribution in [0.1, 0.15) is 47.0 Å². The van der Waals surface area contributed by atoms with E-state index in [0.29, 0.717) is 11.8 Å². The molecule has 16 heavy (non-hydrogen) atoms. The van der Waals surface area contributed by atoms with Crippen molar-refractivity contribution in [1.82, 2.24) is 5.32 Å². The number of likely N-dealkylation sites (N-methyl/N-ethyl adjacent to an activating group) is 1. The summed E-state index contributed by atoms with van der Waals surface area (Å²) in [6.45, 7) is 8.18. The average molecular weight is 227 g/mol. The van der Waals surface area contributed by atoms with E-state index in [1.54, 1.807) is 7.05 Å². The fourth-order valence-electron chi connectivity index (χ4n) is 2.37. The quantitative estimate of drug-likeness (QED) is 0.752. The summed E-state index contributed by atoms with van der Waals surface area (Å²) in [5.41, 5.74) is -0.579. The Labute approximate surface area is 98.9 Å². The highest BCUT2D eigenvalue weighted by atomic mass is 16.5. The first-order valence-corrected chi connectivity index (χ1v) is 6.25. The maximum atomic E-state index is 11.9. The number of carbonyl (C=O) groups excluding carboxylic acids is 1. The van der Waals surface area contributed by atoms with Crippen LogP contribution in [-0.4, -0.2) is 24.7 Å². The van der Waals surface area contributed by atoms with Crippen molar-refractivity contribution in [3.63, 3.8) is 0 Å². The van der Waals surface area contributed by atoms with E-state index in [9.17, 15) is 4.79 Å². The summed E-state index contributed by atoms with van der Waals surface area (Å²) in [5, 5.41) is 2.98. The molecule has 2 unspecified atom stereocenters. The van der Waals surface area contributed by atoms with Crippen LogP contribution in [0.25, 0.3) is 0 Å². The van der Waals surface area contributed by atoms with Crippen LogP contribution in [0.4, 0.5) is 0 Å². The Morgan fingerprint density at radius 1 is 1.19 bits per heavy atom. The molecule has 0 aliphatic heterocycles. The molecule has 1 fully saturated rings. The van der Waals surface area contributed by atoms with Gasteiger partial charge in [-0.3, -0.25) is 4.79 Å². The SMILES string of the molecule is CNC(C)(C)C(=O)OC1CC(C)CC(C)C1. The fraction of sp³-hybridized carbons (Fsp3) is 0.923. The van der Waals surface area contributed by atoms with E-state index in [1.807, 2.05) is 13.8 Å². The zero-order valence-electron chi connectivity index (χ0n) is 11.2. The van der Waals surface area contributed by atoms with E-state index in [0.717, 1.165) is 12.8 Å². The summed E-state index contributed by atoms with van der Waals surface area (Å²) in [4.78, 5) is 11.9. The summed E-state index contributed by atoms with van der Waals surface area (Å²) in [6, 6.07) is 0. The standard InChI is InChI=1S/C13H25NO2/c1-9-6-10(2)8-11(7-9)16-12(15)13(3,4)14-5/h9-11,14H,6-8H2,1-5H3. The van der Waals surface area contributed by atoms with Crippen molar-refractivity contribution in [2.75, 3.05) is 7.05 Å². The van der Waals surface area contributed by atoms with Crippen LogP contribution in [0.5, 0.6) is 0 Å². The smallest absolute Gasteiger partial charge is 0.326 e. The van der Waals surface area contributed by atoms with Crippen molar-refractivity contribution in [3.8, 4) is 0 Å². The first kappa shape index (κ1) is 13.5. The highest BCUT2D eigenvalue weighted by Crippen LogP contribution is 2.30. The van der Waals surface area contributed by atoms with Gasteiger partial charge in [0.05, 0.1) is 0 Å². The molecule has 0 heterocycles. The zero-order chi connectivity index (χ0) is 12.3. The van der Waals surface area contributed by atoms with Gasteiger partial charge in [0.1, 0.15) is 11.6 Å². The molecular weight excluding hydrogens is 202 g/mol. The minimum Gasteiger partial charge on any atom is -0.461 e. The molecule has 0 aromatic carbocycles. The third-order valence-corrected chi connectivity index (χ3v) is 3.54. The molecule has 1 aliphatic rings. The van der Waals surface area contributed by atoms with Crippen molar-refractivity contribution in [1.29, 1.82) is 0 Å². The number of carbonyl (C=O) groups is 1. The van der Waals surface area contributed by atoms with Crippen molar-refractivity contribution in [3.05, 3.63) is 0 Å². The summed E-state index contributed by atoms with van der Waals surface area (Å²) in [7, 11) is 1.79. The predicted molar refractivity (Wildman–Crippen MR) is 65.2 cm³/mol. The monoisotopic (exact) mass is 227 g/mol. The van der Waals surface area contributed by atoms with E-state index in [1.165, 1.54) is 6.42 Å². The van der Waals surface area contributed by atoms with Crippen molar-refractivity contribution in [2.24, 2.45) is 11.8 Å². The fourth-order valence-corrected chi connectivity index (χ4v) is 2.37. The topological polar surface area (TPSA) is 38.3 Å². The second-order valence-electron chi connectivity index (χ2n) is 5.82. The van der Waals surface area contributed by atoms with Gasteiger partial charge in [-0.05, 0) is 52.0 Å². The van der Waals surface area contributed by atoms with Crippen LogP contribution in [0.15, 0.2) is 0 Å². The lowest BCUT2D eigenvalue weighted by atomic mass is 9.81. The summed E-state index contributed by atoms with van der Waals surface area (Å²) in [5.74, 6) is 1.19. The second kappa shape index (κ2) is 5.17. The molecule has 3 nitrogen and oxygen atoms in total. The van der Waals surface area contributed by atoms with Gasteiger partial charge in [0.25, 0.3) is 0 Å². The summed E-state index contributed by atoms with van der Waals surface area (Å²) < 4.78 is 5.59. The van der Waals surface area contributed by atoms with Crippen molar-refractivity contribution in [2.45, 2.75) is 58.6 Å². The van der Waals surface area contributed by atoms with Crippen LogP contribution in [0.3, 0.4) is 0 Å². The van der Waals surface area contributed by atoms with Gasteiger partial charge in [0.15, 0.2) is 0 Å². The Morgan fingerprint density at radius 3 is 2.12 bits per heavy atom. The molecule has 2 atom stereocenters. The predicted octanol–water partition coefficient (Wildman–Crippen LogP) is 2.35. The van der Waals surface area contributed by atoms with Gasteiger partial charge in [-0.25, -0.2) is 0 Å². The van der Waals surface area contributed by atoms with Gasteiger partial charge in [-0.1, -0.05) is 13.8 Å². The first-order valence-electron chi connectivity index (χ1n) is 6.25. The highest BCUT2D eigenvalue weighted by molar-refractivity contribution is 5.79. The molecule has 0 spiro atoms. The molecule has 94 valence electrons. The van der Waals surface area contributed by atoms with Crippen LogP contribution in [-0.2, 0) is 9.53 Å². The molecule has 1 aliphatic carbocycles. The molecule has 0 aromatic rings. The van der Waals surface area contributed by atoms with Gasteiger partial charge < -0.3 is 10.1 Å². The Balaban J connectivity index is 2.51. The molecule has 0 saturated heterocycles. The lowest BCUT2D eigenvalue weighted by Crippen LogP contribution is -2.47. The average Bonchev–Trinajstić information content (AvgIpc) is 2.15. The minimum atomic E-state index is -0.579. The third-order valence-electron chi connectivity index (χ3n) is 3.54. The van der Waals surface area contributed by atoms with Crippen LogP contribution < -0.4 is 5.32 Å². The van der Waals surface area contributed by atoms with Crippen molar-refractivity contribution < 1.29 is 9.53 Å². The van der Waals surface area contributed by atoms with Crippen LogP contribution in [0, 0.1) is 11.8 Å². The summed E-state index contributed by atoms with van der Waals surface area (Å²) >= 11 is 0. The Hall–Kier alpha value is -0.570. The molecule has 0 amide bonds. The lowest BCUT2D eigenvalue weighted by molar-refractivity contribution is -0.158. The third kappa shape index (κ3) is 3.48. The minimum absolute atomic E-state index is 0.110. The molecule has 1 N–H and O–H groups in total. The highest BCUT2D eigenvalue weighted by Gasteiger charge is 2.32. The van der Waals surface area contributed by atoms with Gasteiger partial charge in [0.2, 0.25) is 0 Å². The maximum Gasteiger partial charge on any atom is 0.326 e. The lowest BCUT2D eigenvalue weighted by Gasteiger charge is -2.33. The number of esters is 1. The number of nitrogens with one attached hydrogen (secondary N) is 1. The molecule has 0 bridgehead atoms. The number of hydrogen-bond donors (Lipinski definition) is 1. The molecular formula is C13H25NO2. The molecule has 1 rings (SSSR count). The number of rotatable bonds is 3. The Kier molecular flexibility index (Phi) is 4.36. The van der Waals surface area contributed by atoms with E-state index < -0.39 is 5.54 Å². The van der Waals surface area contributed by atoms with E-state index in [4.69, 9.17) is 4.74 Å². The van der Waals surface area contributed by atoms with Crippen molar-refractivity contribution >= 4 is 5.97 Å². The molecule has 0 aromatic heterocycles. The van der Waals surface area contributed by atoms with Crippen LogP contribution >= 0.6 is 0 Å². The number of hydrogen-bond acceptors (Lipinski definition) is 3. The Bertz CT molecular complexity index is 240. The second-order valence-corrected chi connectivity index (χ2v) is 5.82. The van der Waals surface area contributed by atoms with Gasteiger partial charge in [-0.15, -0.1) is 0 Å². The Morgan fingerprint density at radius 2 is 1.69 bits per heavy atom.